The lowest BCUT2D eigenvalue weighted by Gasteiger charge is -2.01. The minimum atomic E-state index is 0.793. The molecule has 0 saturated heterocycles. The SMILES string of the molecule is CC(C)CCCCCC=[O+][O-]. The normalized spacial score (nSPS) is 11.5. The molecule has 0 unspecified atom stereocenters. The molecule has 2 nitrogen and oxygen atoms in total. The highest BCUT2D eigenvalue weighted by atomic mass is 17.1. The van der Waals surface area contributed by atoms with Crippen molar-refractivity contribution in [3.8, 4) is 0 Å². The molecule has 0 rings (SSSR count). The number of rotatable bonds is 6. The van der Waals surface area contributed by atoms with Crippen molar-refractivity contribution in [3.05, 3.63) is 0 Å². The third-order valence-corrected chi connectivity index (χ3v) is 1.67. The summed E-state index contributed by atoms with van der Waals surface area (Å²) in [6, 6.07) is 0. The summed E-state index contributed by atoms with van der Waals surface area (Å²) in [6.07, 6.45) is 6.96. The van der Waals surface area contributed by atoms with E-state index in [0.717, 1.165) is 18.8 Å². The summed E-state index contributed by atoms with van der Waals surface area (Å²) >= 11 is 0. The zero-order chi connectivity index (χ0) is 8.53. The van der Waals surface area contributed by atoms with Crippen molar-refractivity contribution in [1.29, 1.82) is 0 Å². The van der Waals surface area contributed by atoms with Gasteiger partial charge in [0.05, 0.1) is 6.42 Å². The number of unbranched alkanes of at least 4 members (excludes halogenated alkanes) is 3. The van der Waals surface area contributed by atoms with E-state index in [0.29, 0.717) is 0 Å². The topological polar surface area (TPSA) is 34.4 Å². The van der Waals surface area contributed by atoms with Gasteiger partial charge in [0.25, 0.3) is 0 Å². The number of hydrogen-bond donors (Lipinski definition) is 0. The van der Waals surface area contributed by atoms with Crippen LogP contribution in [0.1, 0.15) is 46.0 Å². The van der Waals surface area contributed by atoms with Gasteiger partial charge in [-0.15, -0.1) is 0 Å². The highest BCUT2D eigenvalue weighted by Gasteiger charge is 1.94. The third-order valence-electron chi connectivity index (χ3n) is 1.67. The maximum absolute atomic E-state index is 9.52. The molecule has 0 heterocycles. The highest BCUT2D eigenvalue weighted by molar-refractivity contribution is 5.49. The Kier molecular flexibility index (Phi) is 7.21. The van der Waals surface area contributed by atoms with Crippen molar-refractivity contribution in [2.75, 3.05) is 0 Å². The molecule has 0 radical (unpaired) electrons. The van der Waals surface area contributed by atoms with Gasteiger partial charge in [-0.2, -0.15) is 4.58 Å². The lowest BCUT2D eigenvalue weighted by molar-refractivity contribution is -1.04. The van der Waals surface area contributed by atoms with E-state index in [1.165, 1.54) is 25.5 Å². The molecule has 0 aromatic heterocycles. The van der Waals surface area contributed by atoms with Crippen LogP contribution in [0, 0.1) is 5.92 Å². The zero-order valence-corrected chi connectivity index (χ0v) is 7.51. The molecular formula is C9H18O2. The van der Waals surface area contributed by atoms with Crippen molar-refractivity contribution in [2.45, 2.75) is 46.0 Å². The molecule has 0 aliphatic rings. The van der Waals surface area contributed by atoms with E-state index in [1.807, 2.05) is 0 Å². The Morgan fingerprint density at radius 2 is 2.00 bits per heavy atom. The summed E-state index contributed by atoms with van der Waals surface area (Å²) in [4.78, 5) is 0. The summed E-state index contributed by atoms with van der Waals surface area (Å²) in [5.41, 5.74) is 0. The molecule has 0 bridgehead atoms. The van der Waals surface area contributed by atoms with Crippen molar-refractivity contribution in [3.63, 3.8) is 0 Å². The van der Waals surface area contributed by atoms with E-state index in [4.69, 9.17) is 0 Å². The van der Waals surface area contributed by atoms with E-state index in [9.17, 15) is 5.26 Å². The van der Waals surface area contributed by atoms with E-state index in [1.54, 1.807) is 0 Å². The lowest BCUT2D eigenvalue weighted by Crippen LogP contribution is -1.96. The first-order chi connectivity index (χ1) is 5.27. The van der Waals surface area contributed by atoms with Crippen LogP contribution in [-0.2, 0) is 4.58 Å². The fraction of sp³-hybridized carbons (Fsp3) is 0.889. The molecule has 0 fully saturated rings. The van der Waals surface area contributed by atoms with Gasteiger partial charge in [-0.05, 0) is 12.3 Å². The van der Waals surface area contributed by atoms with Crippen molar-refractivity contribution in [2.24, 2.45) is 5.92 Å². The van der Waals surface area contributed by atoms with Crippen LogP contribution in [0.2, 0.25) is 0 Å². The van der Waals surface area contributed by atoms with Gasteiger partial charge < -0.3 is 5.26 Å². The van der Waals surface area contributed by atoms with Crippen LogP contribution in [0.4, 0.5) is 0 Å². The smallest absolute Gasteiger partial charge is 0.318 e. The molecule has 66 valence electrons. The third kappa shape index (κ3) is 9.47. The second-order valence-electron chi connectivity index (χ2n) is 3.29. The van der Waals surface area contributed by atoms with Crippen LogP contribution >= 0.6 is 0 Å². The minimum Gasteiger partial charge on any atom is -0.463 e. The van der Waals surface area contributed by atoms with E-state index >= 15 is 0 Å². The van der Waals surface area contributed by atoms with E-state index in [-0.39, 0.29) is 0 Å². The van der Waals surface area contributed by atoms with E-state index in [2.05, 4.69) is 18.4 Å². The zero-order valence-electron chi connectivity index (χ0n) is 7.51. The fourth-order valence-electron chi connectivity index (χ4n) is 1.01. The van der Waals surface area contributed by atoms with Crippen LogP contribution in [0.25, 0.3) is 0 Å². The first-order valence-electron chi connectivity index (χ1n) is 4.37. The molecule has 0 aromatic rings. The summed E-state index contributed by atoms with van der Waals surface area (Å²) in [5.74, 6) is 0.801. The van der Waals surface area contributed by atoms with Gasteiger partial charge in [0.15, 0.2) is 0 Å². The standard InChI is InChI=1S/C9H18O2/c1-9(2)7-5-3-4-6-8-11-10/h8-9H,3-7H2,1-2H3. The second-order valence-corrected chi connectivity index (χ2v) is 3.29. The summed E-state index contributed by atoms with van der Waals surface area (Å²) in [6.45, 7) is 4.46. The average molecular weight is 158 g/mol. The molecule has 11 heavy (non-hydrogen) atoms. The summed E-state index contributed by atoms with van der Waals surface area (Å²) in [5, 5.41) is 9.52. The van der Waals surface area contributed by atoms with Gasteiger partial charge in [0, 0.05) is 0 Å². The molecule has 0 atom stereocenters. The van der Waals surface area contributed by atoms with Gasteiger partial charge in [0.1, 0.15) is 0 Å². The molecule has 0 N–H and O–H groups in total. The quantitative estimate of drug-likeness (QED) is 0.190. The Labute approximate surface area is 68.9 Å². The molecule has 0 spiro atoms. The van der Waals surface area contributed by atoms with Crippen molar-refractivity contribution >= 4 is 6.29 Å². The second kappa shape index (κ2) is 7.58. The van der Waals surface area contributed by atoms with Crippen molar-refractivity contribution < 1.29 is 9.83 Å². The Bertz CT molecular complexity index is 97.7. The first kappa shape index (κ1) is 10.5. The predicted octanol–water partition coefficient (Wildman–Crippen LogP) is 1.60. The Morgan fingerprint density at radius 3 is 2.55 bits per heavy atom. The highest BCUT2D eigenvalue weighted by Crippen LogP contribution is 2.08. The van der Waals surface area contributed by atoms with Crippen LogP contribution in [-0.4, -0.2) is 6.29 Å². The molecule has 0 aromatic carbocycles. The number of aldehydes is 1. The van der Waals surface area contributed by atoms with Gasteiger partial charge >= 0.3 is 6.29 Å². The van der Waals surface area contributed by atoms with Crippen LogP contribution < -0.4 is 5.26 Å². The lowest BCUT2D eigenvalue weighted by atomic mass is 10.0. The average Bonchev–Trinajstić information content (AvgIpc) is 1.96. The van der Waals surface area contributed by atoms with Gasteiger partial charge in [-0.3, -0.25) is 0 Å². The number of carbonyl (C=O) groups excluding carboxylic acids is 1. The fourth-order valence-corrected chi connectivity index (χ4v) is 1.01. The van der Waals surface area contributed by atoms with Crippen molar-refractivity contribution in [1.82, 2.24) is 0 Å². The Morgan fingerprint density at radius 1 is 1.27 bits per heavy atom. The molecule has 0 aliphatic carbocycles. The molecule has 0 amide bonds. The monoisotopic (exact) mass is 158 g/mol. The largest absolute Gasteiger partial charge is 0.463 e. The Balaban J connectivity index is 2.91. The first-order valence-corrected chi connectivity index (χ1v) is 4.37. The van der Waals surface area contributed by atoms with Gasteiger partial charge in [-0.1, -0.05) is 33.1 Å². The van der Waals surface area contributed by atoms with Gasteiger partial charge in [-0.25, -0.2) is 0 Å². The molecule has 0 aliphatic heterocycles. The van der Waals surface area contributed by atoms with Gasteiger partial charge in [0.2, 0.25) is 0 Å². The minimum absolute atomic E-state index is 0.793. The van der Waals surface area contributed by atoms with Crippen LogP contribution in [0.5, 0.6) is 0 Å². The number of hydrogen-bond acceptors (Lipinski definition) is 1. The molecular weight excluding hydrogens is 140 g/mol. The van der Waals surface area contributed by atoms with E-state index < -0.39 is 0 Å². The molecule has 0 saturated carbocycles. The summed E-state index contributed by atoms with van der Waals surface area (Å²) < 4.78 is 3.59. The maximum atomic E-state index is 9.52. The predicted molar refractivity (Wildman–Crippen MR) is 44.0 cm³/mol. The maximum Gasteiger partial charge on any atom is 0.318 e. The molecule has 2 heteroatoms. The van der Waals surface area contributed by atoms with Crippen LogP contribution in [0.3, 0.4) is 0 Å². The summed E-state index contributed by atoms with van der Waals surface area (Å²) in [7, 11) is 0. The van der Waals surface area contributed by atoms with Crippen LogP contribution in [0.15, 0.2) is 0 Å². The Hall–Kier alpha value is -0.530.